The van der Waals surface area contributed by atoms with Crippen LogP contribution in [0.1, 0.15) is 26.3 Å². The van der Waals surface area contributed by atoms with Crippen molar-refractivity contribution in [2.75, 3.05) is 7.11 Å². The van der Waals surface area contributed by atoms with Gasteiger partial charge in [-0.1, -0.05) is 29.8 Å². The summed E-state index contributed by atoms with van der Waals surface area (Å²) in [4.78, 5) is 24.7. The van der Waals surface area contributed by atoms with Crippen LogP contribution in [0.2, 0.25) is 5.02 Å². The molecule has 1 heterocycles. The molecule has 0 atom stereocenters. The number of carboxylic acid groups (broad SMARTS) is 1. The number of ketones is 1. The third-order valence-electron chi connectivity index (χ3n) is 5.20. The lowest BCUT2D eigenvalue weighted by atomic mass is 9.99. The summed E-state index contributed by atoms with van der Waals surface area (Å²) in [5, 5.41) is 31.2. The molecule has 0 aliphatic heterocycles. The van der Waals surface area contributed by atoms with Gasteiger partial charge in [0.2, 0.25) is 5.88 Å². The number of methoxy groups -OCH3 is 1. The van der Waals surface area contributed by atoms with Gasteiger partial charge in [0.15, 0.2) is 11.5 Å². The van der Waals surface area contributed by atoms with E-state index in [9.17, 15) is 24.9 Å². The molecule has 0 aliphatic carbocycles. The molecule has 166 valence electrons. The molecular formula is C25H18ClNO6. The Labute approximate surface area is 193 Å². The number of aromatic carboxylic acids is 1. The van der Waals surface area contributed by atoms with E-state index in [4.69, 9.17) is 16.3 Å². The Morgan fingerprint density at radius 2 is 1.48 bits per heavy atom. The maximum absolute atomic E-state index is 13.5. The predicted octanol–water partition coefficient (Wildman–Crippen LogP) is 5.15. The second kappa shape index (κ2) is 8.72. The van der Waals surface area contributed by atoms with E-state index in [0.29, 0.717) is 22.0 Å². The summed E-state index contributed by atoms with van der Waals surface area (Å²) in [6.07, 6.45) is 0. The summed E-state index contributed by atoms with van der Waals surface area (Å²) in [6, 6.07) is 18.7. The molecule has 0 unspecified atom stereocenters. The average Bonchev–Trinajstić information content (AvgIpc) is 3.09. The number of nitrogens with zero attached hydrogens (tertiary/aromatic N) is 1. The molecule has 4 aromatic rings. The molecule has 0 aliphatic rings. The highest BCUT2D eigenvalue weighted by atomic mass is 35.5. The molecule has 33 heavy (non-hydrogen) atoms. The van der Waals surface area contributed by atoms with Gasteiger partial charge in [0.25, 0.3) is 0 Å². The number of carbonyl (C=O) groups is 2. The molecule has 0 saturated carbocycles. The van der Waals surface area contributed by atoms with E-state index < -0.39 is 23.4 Å². The van der Waals surface area contributed by atoms with Crippen molar-refractivity contribution in [1.29, 1.82) is 0 Å². The zero-order valence-corrected chi connectivity index (χ0v) is 18.1. The van der Waals surface area contributed by atoms with Gasteiger partial charge in [-0.3, -0.25) is 9.36 Å². The number of hydrogen-bond acceptors (Lipinski definition) is 5. The molecule has 0 fully saturated rings. The van der Waals surface area contributed by atoms with Crippen LogP contribution in [-0.2, 0) is 0 Å². The average molecular weight is 464 g/mol. The second-order valence-electron chi connectivity index (χ2n) is 7.12. The summed E-state index contributed by atoms with van der Waals surface area (Å²) < 4.78 is 6.39. The normalized spacial score (nSPS) is 10.7. The van der Waals surface area contributed by atoms with Gasteiger partial charge in [-0.2, -0.15) is 0 Å². The number of halogens is 1. The topological polar surface area (TPSA) is 109 Å². The molecule has 4 rings (SSSR count). The van der Waals surface area contributed by atoms with Crippen molar-refractivity contribution in [3.63, 3.8) is 0 Å². The summed E-state index contributed by atoms with van der Waals surface area (Å²) >= 11 is 6.43. The first-order valence-electron chi connectivity index (χ1n) is 9.77. The van der Waals surface area contributed by atoms with E-state index >= 15 is 0 Å². The molecule has 8 heteroatoms. The quantitative estimate of drug-likeness (QED) is 0.341. The first kappa shape index (κ1) is 22.0. The molecule has 0 amide bonds. The van der Waals surface area contributed by atoms with E-state index in [1.165, 1.54) is 35.9 Å². The fourth-order valence-corrected chi connectivity index (χ4v) is 3.79. The highest BCUT2D eigenvalue weighted by Crippen LogP contribution is 2.45. The van der Waals surface area contributed by atoms with Crippen LogP contribution >= 0.6 is 11.6 Å². The van der Waals surface area contributed by atoms with Gasteiger partial charge in [-0.05, 0) is 54.6 Å². The Morgan fingerprint density at radius 3 is 2.06 bits per heavy atom. The van der Waals surface area contributed by atoms with E-state index in [-0.39, 0.29) is 22.4 Å². The number of rotatable bonds is 6. The lowest BCUT2D eigenvalue weighted by molar-refractivity contribution is 0.0696. The number of hydrogen-bond donors (Lipinski definition) is 3. The monoisotopic (exact) mass is 463 g/mol. The van der Waals surface area contributed by atoms with E-state index in [0.717, 1.165) is 0 Å². The maximum Gasteiger partial charge on any atom is 0.335 e. The van der Waals surface area contributed by atoms with Gasteiger partial charge >= 0.3 is 5.97 Å². The zero-order valence-electron chi connectivity index (χ0n) is 17.3. The largest absolute Gasteiger partial charge is 0.503 e. The van der Waals surface area contributed by atoms with Crippen molar-refractivity contribution in [1.82, 2.24) is 4.57 Å². The lowest BCUT2D eigenvalue weighted by Crippen LogP contribution is -2.05. The Hall–Kier alpha value is -4.23. The minimum Gasteiger partial charge on any atom is -0.503 e. The molecule has 3 aromatic carbocycles. The van der Waals surface area contributed by atoms with Crippen LogP contribution in [-0.4, -0.2) is 38.7 Å². The predicted molar refractivity (Wildman–Crippen MR) is 123 cm³/mol. The first-order chi connectivity index (χ1) is 15.8. The second-order valence-corrected chi connectivity index (χ2v) is 7.53. The molecule has 1 aromatic heterocycles. The van der Waals surface area contributed by atoms with Crippen LogP contribution in [0.4, 0.5) is 0 Å². The van der Waals surface area contributed by atoms with Crippen molar-refractivity contribution in [2.24, 2.45) is 0 Å². The Morgan fingerprint density at radius 1 is 0.879 bits per heavy atom. The van der Waals surface area contributed by atoms with E-state index in [2.05, 4.69) is 0 Å². The van der Waals surface area contributed by atoms with Crippen LogP contribution in [0, 0.1) is 0 Å². The van der Waals surface area contributed by atoms with Crippen LogP contribution in [0.15, 0.2) is 72.8 Å². The highest BCUT2D eigenvalue weighted by molar-refractivity contribution is 6.33. The molecule has 0 spiro atoms. The Balaban J connectivity index is 1.99. The number of benzene rings is 3. The number of aromatic hydroxyl groups is 2. The van der Waals surface area contributed by atoms with Crippen LogP contribution in [0.5, 0.6) is 17.4 Å². The SMILES string of the molecule is COc1ccc(C(=O)c2c(O)c(O)n(-c3ccc(C(=O)O)cc3)c2-c2ccccc2Cl)cc1. The highest BCUT2D eigenvalue weighted by Gasteiger charge is 2.30. The zero-order chi connectivity index (χ0) is 23.7. The molecule has 3 N–H and O–H groups in total. The van der Waals surface area contributed by atoms with E-state index in [1.807, 2.05) is 0 Å². The molecular weight excluding hydrogens is 446 g/mol. The number of aromatic nitrogens is 1. The minimum absolute atomic E-state index is 0.0449. The minimum atomic E-state index is -1.11. The molecule has 0 bridgehead atoms. The van der Waals surface area contributed by atoms with Gasteiger partial charge in [0.1, 0.15) is 5.75 Å². The number of ether oxygens (including phenoxy) is 1. The first-order valence-corrected chi connectivity index (χ1v) is 10.1. The summed E-state index contributed by atoms with van der Waals surface area (Å²) in [5.41, 5.74) is 1.05. The smallest absolute Gasteiger partial charge is 0.335 e. The van der Waals surface area contributed by atoms with E-state index in [1.54, 1.807) is 48.5 Å². The Bertz CT molecular complexity index is 1360. The fraction of sp³-hybridized carbons (Fsp3) is 0.0400. The lowest BCUT2D eigenvalue weighted by Gasteiger charge is -2.13. The van der Waals surface area contributed by atoms with Crippen molar-refractivity contribution >= 4 is 23.4 Å². The van der Waals surface area contributed by atoms with Crippen molar-refractivity contribution in [3.05, 3.63) is 94.5 Å². The molecule has 7 nitrogen and oxygen atoms in total. The molecule has 0 radical (unpaired) electrons. The van der Waals surface area contributed by atoms with Crippen molar-refractivity contribution in [3.8, 4) is 34.3 Å². The van der Waals surface area contributed by atoms with Crippen LogP contribution in [0.25, 0.3) is 16.9 Å². The standard InChI is InChI=1S/C25H18ClNO6/c1-33-17-12-8-14(9-13-17)22(28)20-21(18-4-2-3-5-19(18)26)27(24(30)23(20)29)16-10-6-15(7-11-16)25(31)32/h2-13,29-30H,1H3,(H,31,32). The fourth-order valence-electron chi connectivity index (χ4n) is 3.56. The maximum atomic E-state index is 13.5. The number of carboxylic acids is 1. The summed E-state index contributed by atoms with van der Waals surface area (Å²) in [7, 11) is 1.51. The van der Waals surface area contributed by atoms with Gasteiger partial charge in [0, 0.05) is 21.8 Å². The molecule has 0 saturated heterocycles. The summed E-state index contributed by atoms with van der Waals surface area (Å²) in [6.45, 7) is 0. The van der Waals surface area contributed by atoms with Gasteiger partial charge in [-0.25, -0.2) is 4.79 Å². The third kappa shape index (κ3) is 3.90. The third-order valence-corrected chi connectivity index (χ3v) is 5.53. The van der Waals surface area contributed by atoms with Crippen molar-refractivity contribution < 1.29 is 29.6 Å². The van der Waals surface area contributed by atoms with Gasteiger partial charge in [0.05, 0.1) is 23.9 Å². The Kier molecular flexibility index (Phi) is 5.81. The summed E-state index contributed by atoms with van der Waals surface area (Å²) in [5.74, 6) is -2.29. The van der Waals surface area contributed by atoms with Crippen molar-refractivity contribution in [2.45, 2.75) is 0 Å². The number of carbonyl (C=O) groups excluding carboxylic acids is 1. The van der Waals surface area contributed by atoms with Gasteiger partial charge < -0.3 is 20.1 Å². The van der Waals surface area contributed by atoms with Crippen LogP contribution in [0.3, 0.4) is 0 Å². The van der Waals surface area contributed by atoms with Crippen LogP contribution < -0.4 is 4.74 Å². The van der Waals surface area contributed by atoms with Gasteiger partial charge in [-0.15, -0.1) is 0 Å².